The van der Waals surface area contributed by atoms with Gasteiger partial charge in [-0.2, -0.15) is 0 Å². The predicted molar refractivity (Wildman–Crippen MR) is 11.5 cm³/mol. The molecule has 7 heteroatoms. The summed E-state index contributed by atoms with van der Waals surface area (Å²) in [5, 5.41) is 0. The fraction of sp³-hybridized carbons (Fsp3) is 0. The van der Waals surface area contributed by atoms with Crippen LogP contribution in [-0.4, -0.2) is 26.4 Å². The zero-order valence-electron chi connectivity index (χ0n) is 3.21. The van der Waals surface area contributed by atoms with Crippen molar-refractivity contribution in [3.63, 3.8) is 0 Å². The van der Waals surface area contributed by atoms with Gasteiger partial charge in [-0.3, -0.25) is 0 Å². The first-order chi connectivity index (χ1) is 2.00. The molecule has 0 unspecified atom stereocenters. The Labute approximate surface area is 67.3 Å². The summed E-state index contributed by atoms with van der Waals surface area (Å²) < 4.78 is 0. The standard InChI is InChI=1S/Al.O4Si.Ti/c;1-5(2,3)4;/q+3;-4;+4. The molecule has 32 valence electrons. The number of rotatable bonds is 0. The average Bonchev–Trinajstić information content (AvgIpc) is 0.722. The van der Waals surface area contributed by atoms with Crippen LogP contribution in [0.5, 0.6) is 0 Å². The molecular weight excluding hydrogens is 167 g/mol. The van der Waals surface area contributed by atoms with Crippen LogP contribution in [0, 0.1) is 0 Å². The van der Waals surface area contributed by atoms with Crippen LogP contribution < -0.4 is 19.2 Å². The van der Waals surface area contributed by atoms with Crippen molar-refractivity contribution in [1.29, 1.82) is 0 Å². The molecule has 0 fully saturated rings. The van der Waals surface area contributed by atoms with Gasteiger partial charge in [0.25, 0.3) is 0 Å². The molecule has 0 saturated carbocycles. The van der Waals surface area contributed by atoms with Crippen LogP contribution in [0.4, 0.5) is 0 Å². The second kappa shape index (κ2) is 5.44. The summed E-state index contributed by atoms with van der Waals surface area (Å²) in [6.45, 7) is 0. The molecule has 0 aliphatic heterocycles. The first-order valence-corrected chi connectivity index (χ1v) is 2.45. The van der Waals surface area contributed by atoms with E-state index in [0.29, 0.717) is 0 Å². The molecule has 0 N–H and O–H groups in total. The molecule has 0 amide bonds. The van der Waals surface area contributed by atoms with E-state index in [9.17, 15) is 0 Å². The number of hydrogen-bond donors (Lipinski definition) is 0. The van der Waals surface area contributed by atoms with Crippen LogP contribution in [0.2, 0.25) is 0 Å². The molecule has 0 saturated heterocycles. The van der Waals surface area contributed by atoms with Crippen molar-refractivity contribution >= 4 is 26.4 Å². The third kappa shape index (κ3) is 121. The second-order valence-corrected chi connectivity index (χ2v) is 1.50. The summed E-state index contributed by atoms with van der Waals surface area (Å²) in [6.07, 6.45) is 0. The Balaban J connectivity index is -0.0000000800. The molecule has 0 aromatic heterocycles. The summed E-state index contributed by atoms with van der Waals surface area (Å²) in [6, 6.07) is 0. The Bertz CT molecular complexity index is 27.2. The van der Waals surface area contributed by atoms with Gasteiger partial charge in [-0.25, -0.2) is 0 Å². The van der Waals surface area contributed by atoms with Crippen LogP contribution in [0.3, 0.4) is 0 Å². The minimum absolute atomic E-state index is 0. The molecule has 0 aliphatic carbocycles. The molecule has 7 heavy (non-hydrogen) atoms. The molecule has 0 aromatic rings. The molecule has 0 rings (SSSR count). The fourth-order valence-corrected chi connectivity index (χ4v) is 0. The number of hydrogen-bond acceptors (Lipinski definition) is 4. The van der Waals surface area contributed by atoms with E-state index in [0.717, 1.165) is 0 Å². The van der Waals surface area contributed by atoms with Gasteiger partial charge in [0.2, 0.25) is 0 Å². The maximum Gasteiger partial charge on any atom is 4.00 e. The fourth-order valence-electron chi connectivity index (χ4n) is 0. The smallest absolute Gasteiger partial charge is 0.894 e. The van der Waals surface area contributed by atoms with Gasteiger partial charge in [0.15, 0.2) is 0 Å². The Morgan fingerprint density at radius 3 is 0.857 bits per heavy atom. The molecule has 0 bridgehead atoms. The van der Waals surface area contributed by atoms with Gasteiger partial charge < -0.3 is 28.2 Å². The van der Waals surface area contributed by atoms with E-state index >= 15 is 0 Å². The van der Waals surface area contributed by atoms with Crippen LogP contribution >= 0.6 is 0 Å². The van der Waals surface area contributed by atoms with Gasteiger partial charge >= 0.3 is 39.1 Å². The summed E-state index contributed by atoms with van der Waals surface area (Å²) in [4.78, 5) is 34.3. The van der Waals surface area contributed by atoms with E-state index in [4.69, 9.17) is 19.2 Å². The topological polar surface area (TPSA) is 92.2 Å². The Morgan fingerprint density at radius 2 is 0.857 bits per heavy atom. The van der Waals surface area contributed by atoms with Crippen molar-refractivity contribution in [3.8, 4) is 0 Å². The molecule has 0 atom stereocenters. The van der Waals surface area contributed by atoms with E-state index < -0.39 is 9.05 Å². The largest absolute Gasteiger partial charge is 4.00 e. The Kier molecular flexibility index (Phi) is 12.2. The quantitative estimate of drug-likeness (QED) is 0.336. The Morgan fingerprint density at radius 1 is 0.857 bits per heavy atom. The maximum absolute atomic E-state index is 8.58. The van der Waals surface area contributed by atoms with Crippen LogP contribution in [0.1, 0.15) is 0 Å². The van der Waals surface area contributed by atoms with Gasteiger partial charge in [-0.05, 0) is 0 Å². The second-order valence-electron chi connectivity index (χ2n) is 0.500. The zero-order chi connectivity index (χ0) is 4.50. The van der Waals surface area contributed by atoms with Gasteiger partial charge in [-0.15, -0.1) is 0 Å². The van der Waals surface area contributed by atoms with Crippen LogP contribution in [0.25, 0.3) is 0 Å². The summed E-state index contributed by atoms with van der Waals surface area (Å²) in [7, 11) is -5.61. The van der Waals surface area contributed by atoms with E-state index in [1.807, 2.05) is 0 Å². The molecule has 0 radical (unpaired) electrons. The van der Waals surface area contributed by atoms with Crippen LogP contribution in [0.15, 0.2) is 0 Å². The zero-order valence-corrected chi connectivity index (χ0v) is 6.93. The van der Waals surface area contributed by atoms with E-state index in [-0.39, 0.29) is 39.1 Å². The van der Waals surface area contributed by atoms with Crippen molar-refractivity contribution in [2.45, 2.75) is 0 Å². The monoisotopic (exact) mass is 167 g/mol. The third-order valence-electron chi connectivity index (χ3n) is 0. The molecular formula is AlO4SiTi+3. The minimum atomic E-state index is -5.61. The molecule has 0 heterocycles. The molecule has 0 spiro atoms. The van der Waals surface area contributed by atoms with Gasteiger partial charge in [0.1, 0.15) is 0 Å². The van der Waals surface area contributed by atoms with E-state index in [1.54, 1.807) is 0 Å². The van der Waals surface area contributed by atoms with Crippen molar-refractivity contribution in [3.05, 3.63) is 0 Å². The predicted octanol–water partition coefficient (Wildman–Crippen LogP) is -5.52. The molecule has 0 aliphatic rings. The van der Waals surface area contributed by atoms with Crippen molar-refractivity contribution < 1.29 is 40.9 Å². The van der Waals surface area contributed by atoms with Crippen LogP contribution in [-0.2, 0) is 21.7 Å². The minimum Gasteiger partial charge on any atom is -0.894 e. The first kappa shape index (κ1) is 15.7. The summed E-state index contributed by atoms with van der Waals surface area (Å²) >= 11 is 0. The SMILES string of the molecule is [Al+3].[O-][Si]([O-])([O-])[O-].[Ti+4]. The van der Waals surface area contributed by atoms with Crippen molar-refractivity contribution in [2.75, 3.05) is 0 Å². The first-order valence-electron chi connectivity index (χ1n) is 0.816. The maximum atomic E-state index is 8.58. The van der Waals surface area contributed by atoms with Crippen molar-refractivity contribution in [1.82, 2.24) is 0 Å². The summed E-state index contributed by atoms with van der Waals surface area (Å²) in [5.74, 6) is 0. The Hall–Kier alpha value is 1.30. The van der Waals surface area contributed by atoms with Crippen molar-refractivity contribution in [2.24, 2.45) is 0 Å². The molecule has 4 nitrogen and oxygen atoms in total. The normalized spacial score (nSPS) is 8.57. The van der Waals surface area contributed by atoms with Gasteiger partial charge in [0.05, 0.1) is 0 Å². The van der Waals surface area contributed by atoms with Gasteiger partial charge in [0, 0.05) is 0 Å². The van der Waals surface area contributed by atoms with E-state index in [2.05, 4.69) is 0 Å². The average molecular weight is 167 g/mol. The van der Waals surface area contributed by atoms with E-state index in [1.165, 1.54) is 0 Å². The third-order valence-corrected chi connectivity index (χ3v) is 0. The molecule has 0 aromatic carbocycles. The summed E-state index contributed by atoms with van der Waals surface area (Å²) in [5.41, 5.74) is 0. The van der Waals surface area contributed by atoms with Gasteiger partial charge in [-0.1, -0.05) is 0 Å².